The maximum Gasteiger partial charge on any atom is 0.356 e. The van der Waals surface area contributed by atoms with Gasteiger partial charge in [-0.05, 0) is 41.5 Å². The Balaban J connectivity index is 1.25. The lowest BCUT2D eigenvalue weighted by Gasteiger charge is -2.49. The van der Waals surface area contributed by atoms with E-state index in [0.717, 1.165) is 11.1 Å². The zero-order valence-corrected chi connectivity index (χ0v) is 25.4. The highest BCUT2D eigenvalue weighted by molar-refractivity contribution is 8.00. The van der Waals surface area contributed by atoms with Gasteiger partial charge in [-0.2, -0.15) is 5.26 Å². The van der Waals surface area contributed by atoms with Crippen molar-refractivity contribution in [2.75, 3.05) is 19.0 Å². The highest BCUT2D eigenvalue weighted by Gasteiger charge is 2.54. The topological polar surface area (TPSA) is 118 Å². The number of hydrogen-bond acceptors (Lipinski definition) is 8. The van der Waals surface area contributed by atoms with Gasteiger partial charge in [0.2, 0.25) is 0 Å². The van der Waals surface area contributed by atoms with Crippen LogP contribution in [0.15, 0.2) is 127 Å². The van der Waals surface area contributed by atoms with Crippen molar-refractivity contribution in [1.29, 1.82) is 5.26 Å². The number of β-lactam (4-membered cyclic amide) rings is 1. The average molecular weight is 632 g/mol. The normalized spacial score (nSPS) is 17.0. The largest absolute Gasteiger partial charge is 0.489 e. The molecule has 0 aromatic heterocycles. The molecule has 1 unspecified atom stereocenters. The van der Waals surface area contributed by atoms with Crippen LogP contribution in [0.4, 0.5) is 0 Å². The van der Waals surface area contributed by atoms with Gasteiger partial charge in [-0.25, -0.2) is 4.79 Å². The lowest BCUT2D eigenvalue weighted by Crippen LogP contribution is -2.71. The van der Waals surface area contributed by atoms with Crippen LogP contribution in [0.5, 0.6) is 11.5 Å². The third-order valence-corrected chi connectivity index (χ3v) is 8.82. The SMILES string of the molecule is N#Cc1cccc(OCC2=C(C(=O)OC(c3ccccc3)c3ccccc3)N3C(=O)C(NC(=O)COc4ccccc4)[C@H]3SC2)c1. The fraction of sp³-hybridized carbons (Fsp3) is 0.167. The number of carbonyl (C=O) groups excluding carboxylic acids is 3. The van der Waals surface area contributed by atoms with Crippen LogP contribution < -0.4 is 14.8 Å². The second-order valence-electron chi connectivity index (χ2n) is 10.5. The van der Waals surface area contributed by atoms with Gasteiger partial charge in [-0.1, -0.05) is 84.9 Å². The number of para-hydroxylation sites is 1. The monoisotopic (exact) mass is 631 g/mol. The number of fused-ring (bicyclic) bond motifs is 1. The molecule has 46 heavy (non-hydrogen) atoms. The Morgan fingerprint density at radius 2 is 1.50 bits per heavy atom. The van der Waals surface area contributed by atoms with Crippen LogP contribution >= 0.6 is 11.8 Å². The Morgan fingerprint density at radius 1 is 0.870 bits per heavy atom. The molecule has 2 amide bonds. The van der Waals surface area contributed by atoms with Crippen molar-refractivity contribution in [3.8, 4) is 17.6 Å². The maximum atomic E-state index is 14.1. The van der Waals surface area contributed by atoms with Gasteiger partial charge in [0.25, 0.3) is 11.8 Å². The smallest absolute Gasteiger partial charge is 0.356 e. The van der Waals surface area contributed by atoms with Crippen LogP contribution in [0.2, 0.25) is 0 Å². The summed E-state index contributed by atoms with van der Waals surface area (Å²) in [6.07, 6.45) is -0.730. The first kappa shape index (κ1) is 30.5. The zero-order chi connectivity index (χ0) is 31.9. The molecular formula is C36H29N3O6S. The van der Waals surface area contributed by atoms with Crippen molar-refractivity contribution in [2.45, 2.75) is 17.5 Å². The van der Waals surface area contributed by atoms with E-state index in [2.05, 4.69) is 11.4 Å². The van der Waals surface area contributed by atoms with Crippen molar-refractivity contribution in [3.05, 3.63) is 143 Å². The molecule has 0 aliphatic carbocycles. The standard InChI is InChI=1S/C36H29N3O6S/c37-20-24-11-10-18-29(19-24)43-21-27-23-46-35-31(38-30(40)22-44-28-16-8-3-9-17-28)34(41)39(35)32(27)36(42)45-33(25-12-4-1-5-13-25)26-14-6-2-7-15-26/h1-19,31,33,35H,21-23H2,(H,38,40)/t31?,35-/m1/s1. The second-order valence-corrected chi connectivity index (χ2v) is 11.6. The summed E-state index contributed by atoms with van der Waals surface area (Å²) in [6.45, 7) is -0.265. The van der Waals surface area contributed by atoms with Gasteiger partial charge in [0.05, 0.1) is 11.6 Å². The molecule has 2 atom stereocenters. The highest BCUT2D eigenvalue weighted by Crippen LogP contribution is 2.42. The van der Waals surface area contributed by atoms with E-state index in [0.29, 0.717) is 28.4 Å². The average Bonchev–Trinajstić information content (AvgIpc) is 3.11. The lowest BCUT2D eigenvalue weighted by molar-refractivity contribution is -0.155. The number of nitrogens with zero attached hydrogens (tertiary/aromatic N) is 2. The van der Waals surface area contributed by atoms with Crippen LogP contribution in [0.25, 0.3) is 0 Å². The van der Waals surface area contributed by atoms with Crippen LogP contribution in [-0.4, -0.2) is 53.1 Å². The summed E-state index contributed by atoms with van der Waals surface area (Å²) in [5.74, 6) is -0.220. The minimum absolute atomic E-state index is 0.00784. The molecule has 1 fully saturated rings. The van der Waals surface area contributed by atoms with E-state index in [-0.39, 0.29) is 18.9 Å². The van der Waals surface area contributed by atoms with Gasteiger partial charge in [0, 0.05) is 11.3 Å². The molecule has 230 valence electrons. The van der Waals surface area contributed by atoms with Crippen molar-refractivity contribution in [3.63, 3.8) is 0 Å². The van der Waals surface area contributed by atoms with Crippen LogP contribution in [-0.2, 0) is 19.1 Å². The van der Waals surface area contributed by atoms with E-state index in [9.17, 15) is 19.6 Å². The van der Waals surface area contributed by atoms with Gasteiger partial charge in [-0.15, -0.1) is 11.8 Å². The first-order valence-corrected chi connectivity index (χ1v) is 15.6. The molecule has 0 radical (unpaired) electrons. The Labute approximate surface area is 270 Å². The summed E-state index contributed by atoms with van der Waals surface area (Å²) >= 11 is 1.42. The number of amides is 2. The summed E-state index contributed by atoms with van der Waals surface area (Å²) < 4.78 is 17.7. The summed E-state index contributed by atoms with van der Waals surface area (Å²) in [4.78, 5) is 41.8. The number of benzene rings is 4. The predicted octanol–water partition coefficient (Wildman–Crippen LogP) is 5.00. The first-order valence-electron chi connectivity index (χ1n) is 14.6. The minimum atomic E-state index is -0.839. The number of carbonyl (C=O) groups is 3. The first-order chi connectivity index (χ1) is 22.5. The third kappa shape index (κ3) is 6.75. The fourth-order valence-corrected chi connectivity index (χ4v) is 6.56. The molecule has 2 aliphatic rings. The van der Waals surface area contributed by atoms with Gasteiger partial charge in [0.1, 0.15) is 35.2 Å². The van der Waals surface area contributed by atoms with E-state index in [1.807, 2.05) is 66.7 Å². The molecule has 6 rings (SSSR count). The number of nitrogens with one attached hydrogen (secondary N) is 1. The predicted molar refractivity (Wildman–Crippen MR) is 171 cm³/mol. The van der Waals surface area contributed by atoms with Crippen molar-refractivity contribution in [1.82, 2.24) is 10.2 Å². The van der Waals surface area contributed by atoms with E-state index in [1.165, 1.54) is 16.7 Å². The lowest BCUT2D eigenvalue weighted by atomic mass is 10.0. The van der Waals surface area contributed by atoms with Crippen LogP contribution in [0.1, 0.15) is 22.8 Å². The summed E-state index contributed by atoms with van der Waals surface area (Å²) in [5.41, 5.74) is 2.63. The van der Waals surface area contributed by atoms with Gasteiger partial charge >= 0.3 is 5.97 Å². The van der Waals surface area contributed by atoms with Crippen LogP contribution in [0.3, 0.4) is 0 Å². The summed E-state index contributed by atoms with van der Waals surface area (Å²) in [7, 11) is 0. The number of thioether (sulfide) groups is 1. The van der Waals surface area contributed by atoms with Crippen LogP contribution in [0, 0.1) is 11.3 Å². The third-order valence-electron chi connectivity index (χ3n) is 7.48. The number of ether oxygens (including phenoxy) is 3. The van der Waals surface area contributed by atoms with E-state index in [4.69, 9.17) is 14.2 Å². The van der Waals surface area contributed by atoms with E-state index in [1.54, 1.807) is 48.5 Å². The van der Waals surface area contributed by atoms with Gasteiger partial charge in [-0.3, -0.25) is 14.5 Å². The quantitative estimate of drug-likeness (QED) is 0.182. The number of hydrogen-bond donors (Lipinski definition) is 1. The molecule has 10 heteroatoms. The molecule has 0 saturated carbocycles. The van der Waals surface area contributed by atoms with Gasteiger partial charge < -0.3 is 19.5 Å². The Bertz CT molecular complexity index is 1750. The molecule has 2 heterocycles. The zero-order valence-electron chi connectivity index (χ0n) is 24.6. The molecule has 0 bridgehead atoms. The molecule has 4 aromatic rings. The molecule has 4 aromatic carbocycles. The molecule has 2 aliphatic heterocycles. The van der Waals surface area contributed by atoms with E-state index < -0.39 is 35.3 Å². The Kier molecular flexibility index (Phi) is 9.32. The second kappa shape index (κ2) is 14.1. The molecular weight excluding hydrogens is 602 g/mol. The number of esters is 1. The molecule has 9 nitrogen and oxygen atoms in total. The van der Waals surface area contributed by atoms with E-state index >= 15 is 0 Å². The number of nitriles is 1. The summed E-state index contributed by atoms with van der Waals surface area (Å²) in [6, 6.07) is 35.6. The fourth-order valence-electron chi connectivity index (χ4n) is 5.24. The maximum absolute atomic E-state index is 14.1. The van der Waals surface area contributed by atoms with Crippen molar-refractivity contribution < 1.29 is 28.6 Å². The minimum Gasteiger partial charge on any atom is -0.489 e. The van der Waals surface area contributed by atoms with Gasteiger partial charge in [0.15, 0.2) is 12.7 Å². The highest BCUT2D eigenvalue weighted by atomic mass is 32.2. The summed E-state index contributed by atoms with van der Waals surface area (Å²) in [5, 5.41) is 11.5. The molecule has 1 N–H and O–H groups in total. The molecule has 1 saturated heterocycles. The van der Waals surface area contributed by atoms with Crippen molar-refractivity contribution in [2.24, 2.45) is 0 Å². The number of rotatable bonds is 11. The molecule has 0 spiro atoms. The Morgan fingerprint density at radius 3 is 2.15 bits per heavy atom. The van der Waals surface area contributed by atoms with Crippen molar-refractivity contribution >= 4 is 29.5 Å². The Hall–Kier alpha value is -5.53.